The van der Waals surface area contributed by atoms with Crippen molar-refractivity contribution in [1.29, 1.82) is 0 Å². The number of rotatable bonds is 7. The van der Waals surface area contributed by atoms with E-state index >= 15 is 0 Å². The maximum Gasteiger partial charge on any atom is 0.0465 e. The van der Waals surface area contributed by atoms with E-state index in [1.807, 2.05) is 6.20 Å². The molecule has 2 aliphatic heterocycles. The van der Waals surface area contributed by atoms with Crippen LogP contribution < -0.4 is 5.32 Å². The van der Waals surface area contributed by atoms with E-state index in [2.05, 4.69) is 55.0 Å². The van der Waals surface area contributed by atoms with Crippen molar-refractivity contribution in [2.45, 2.75) is 47.0 Å². The van der Waals surface area contributed by atoms with Gasteiger partial charge in [0.2, 0.25) is 0 Å². The van der Waals surface area contributed by atoms with Crippen LogP contribution in [-0.2, 0) is 0 Å². The van der Waals surface area contributed by atoms with Gasteiger partial charge in [-0.15, -0.1) is 0 Å². The Morgan fingerprint density at radius 1 is 1.08 bits per heavy atom. The minimum Gasteiger partial charge on any atom is -0.372 e. The predicted molar refractivity (Wildman–Crippen MR) is 109 cm³/mol. The van der Waals surface area contributed by atoms with Crippen LogP contribution in [0.5, 0.6) is 0 Å². The van der Waals surface area contributed by atoms with Gasteiger partial charge in [0.15, 0.2) is 0 Å². The molecule has 0 radical (unpaired) electrons. The zero-order valence-corrected chi connectivity index (χ0v) is 16.6. The minimum atomic E-state index is 1.02. The molecule has 2 fully saturated rings. The molecule has 2 rings (SSSR count). The molecule has 0 amide bonds. The Labute approximate surface area is 154 Å². The lowest BCUT2D eigenvalue weighted by Gasteiger charge is -2.33. The molecule has 1 N–H and O–H groups in total. The summed E-state index contributed by atoms with van der Waals surface area (Å²) >= 11 is 0. The number of likely N-dealkylation sites (tertiary alicyclic amines) is 1. The first-order valence-corrected chi connectivity index (χ1v) is 9.91. The lowest BCUT2D eigenvalue weighted by atomic mass is 9.98. The zero-order chi connectivity index (χ0) is 18.1. The fourth-order valence-electron chi connectivity index (χ4n) is 3.72. The molecular weight excluding hydrogens is 308 g/mol. The van der Waals surface area contributed by atoms with Crippen molar-refractivity contribution in [2.75, 3.05) is 45.8 Å². The first-order valence-electron chi connectivity index (χ1n) is 9.91. The summed E-state index contributed by atoms with van der Waals surface area (Å²) in [6.07, 6.45) is 10.1. The Bertz CT molecular complexity index is 530. The van der Waals surface area contributed by atoms with E-state index in [9.17, 15) is 0 Å². The third-order valence-corrected chi connectivity index (χ3v) is 5.19. The van der Waals surface area contributed by atoms with Gasteiger partial charge in [-0.3, -0.25) is 9.89 Å². The second-order valence-corrected chi connectivity index (χ2v) is 7.00. The topological polar surface area (TPSA) is 30.9 Å². The van der Waals surface area contributed by atoms with E-state index in [0.717, 1.165) is 44.9 Å². The molecule has 0 bridgehead atoms. The molecule has 4 nitrogen and oxygen atoms in total. The summed E-state index contributed by atoms with van der Waals surface area (Å²) in [5, 5.41) is 3.45. The van der Waals surface area contributed by atoms with Gasteiger partial charge in [0.05, 0.1) is 0 Å². The molecule has 2 heterocycles. The van der Waals surface area contributed by atoms with Gasteiger partial charge < -0.3 is 10.2 Å². The van der Waals surface area contributed by atoms with Crippen molar-refractivity contribution in [1.82, 2.24) is 15.1 Å². The van der Waals surface area contributed by atoms with E-state index in [1.54, 1.807) is 0 Å². The highest BCUT2D eigenvalue weighted by Crippen LogP contribution is 2.23. The molecule has 0 spiro atoms. The largest absolute Gasteiger partial charge is 0.372 e. The van der Waals surface area contributed by atoms with Crippen molar-refractivity contribution in [3.63, 3.8) is 0 Å². The van der Waals surface area contributed by atoms with Crippen LogP contribution >= 0.6 is 0 Å². The van der Waals surface area contributed by atoms with Gasteiger partial charge in [-0.1, -0.05) is 19.1 Å². The quantitative estimate of drug-likeness (QED) is 0.565. The molecule has 0 aromatic rings. The molecule has 0 aromatic heterocycles. The van der Waals surface area contributed by atoms with Gasteiger partial charge in [-0.25, -0.2) is 0 Å². The Hall–Kier alpha value is -1.39. The average Bonchev–Trinajstić information content (AvgIpc) is 3.15. The van der Waals surface area contributed by atoms with Gasteiger partial charge in [0, 0.05) is 55.9 Å². The van der Waals surface area contributed by atoms with Crippen LogP contribution in [0, 0.1) is 0 Å². The molecule has 0 aliphatic carbocycles. The molecule has 25 heavy (non-hydrogen) atoms. The molecule has 140 valence electrons. The molecule has 0 aromatic carbocycles. The first-order chi connectivity index (χ1) is 12.2. The molecule has 0 atom stereocenters. The predicted octanol–water partition coefficient (Wildman–Crippen LogP) is 3.59. The van der Waals surface area contributed by atoms with Crippen molar-refractivity contribution < 1.29 is 0 Å². The molecule has 2 aliphatic rings. The average molecular weight is 345 g/mol. The summed E-state index contributed by atoms with van der Waals surface area (Å²) < 4.78 is 0. The zero-order valence-electron chi connectivity index (χ0n) is 16.6. The fraction of sp³-hybridized carbons (Fsp3) is 0.667. The number of nitrogens with one attached hydrogen (secondary N) is 1. The summed E-state index contributed by atoms with van der Waals surface area (Å²) in [4.78, 5) is 9.84. The van der Waals surface area contributed by atoms with Gasteiger partial charge in [0.1, 0.15) is 0 Å². The molecule has 0 unspecified atom stereocenters. The lowest BCUT2D eigenvalue weighted by molar-refractivity contribution is 0.298. The van der Waals surface area contributed by atoms with E-state index in [4.69, 9.17) is 4.99 Å². The van der Waals surface area contributed by atoms with Crippen molar-refractivity contribution in [2.24, 2.45) is 4.99 Å². The summed E-state index contributed by atoms with van der Waals surface area (Å²) in [7, 11) is 0. The van der Waals surface area contributed by atoms with Crippen LogP contribution in [0.25, 0.3) is 0 Å². The summed E-state index contributed by atoms with van der Waals surface area (Å²) in [6.45, 7) is 16.5. The SMILES string of the molecule is C\C=C(CN1CCCC1)/C(C(/C)=N/C=C/CC)=C(/C)N1CCNCC1. The number of piperazine rings is 1. The Kier molecular flexibility index (Phi) is 8.42. The third kappa shape index (κ3) is 5.82. The smallest absolute Gasteiger partial charge is 0.0465 e. The van der Waals surface area contributed by atoms with Gasteiger partial charge in [-0.2, -0.15) is 0 Å². The first kappa shape index (κ1) is 19.9. The minimum absolute atomic E-state index is 1.02. The van der Waals surface area contributed by atoms with Gasteiger partial charge in [-0.05, 0) is 58.7 Å². The van der Waals surface area contributed by atoms with Crippen LogP contribution in [0.1, 0.15) is 47.0 Å². The summed E-state index contributed by atoms with van der Waals surface area (Å²) in [5.74, 6) is 0. The lowest BCUT2D eigenvalue weighted by Crippen LogP contribution is -2.43. The van der Waals surface area contributed by atoms with Crippen LogP contribution in [-0.4, -0.2) is 61.3 Å². The summed E-state index contributed by atoms with van der Waals surface area (Å²) in [5.41, 5.74) is 5.27. The second kappa shape index (κ2) is 10.6. The molecule has 0 saturated carbocycles. The monoisotopic (exact) mass is 344 g/mol. The van der Waals surface area contributed by atoms with Gasteiger partial charge >= 0.3 is 0 Å². The number of hydrogen-bond donors (Lipinski definition) is 1. The van der Waals surface area contributed by atoms with Gasteiger partial charge in [0.25, 0.3) is 0 Å². The highest BCUT2D eigenvalue weighted by molar-refractivity contribution is 6.03. The third-order valence-electron chi connectivity index (χ3n) is 5.19. The molecular formula is C21H36N4. The Morgan fingerprint density at radius 2 is 1.76 bits per heavy atom. The number of allylic oxidation sites excluding steroid dienone is 3. The number of aliphatic imine (C=N–C) groups is 1. The van der Waals surface area contributed by atoms with Crippen molar-refractivity contribution >= 4 is 5.71 Å². The standard InChI is InChI=1S/C21H36N4/c1-5-7-10-23-18(3)21(19(4)25-15-11-22-12-16-25)20(6-2)17-24-13-8-9-14-24/h6-7,10,22H,5,8-9,11-17H2,1-4H3/b10-7+,20-6-,21-19-,23-18+. The number of nitrogens with zero attached hydrogens (tertiary/aromatic N) is 3. The van der Waals surface area contributed by atoms with Crippen LogP contribution in [0.4, 0.5) is 0 Å². The van der Waals surface area contributed by atoms with Crippen molar-refractivity contribution in [3.05, 3.63) is 35.2 Å². The van der Waals surface area contributed by atoms with Crippen LogP contribution in [0.2, 0.25) is 0 Å². The van der Waals surface area contributed by atoms with E-state index in [1.165, 1.54) is 42.8 Å². The molecule has 2 saturated heterocycles. The van der Waals surface area contributed by atoms with Crippen LogP contribution in [0.15, 0.2) is 40.2 Å². The number of hydrogen-bond acceptors (Lipinski definition) is 4. The summed E-state index contributed by atoms with van der Waals surface area (Å²) in [6, 6.07) is 0. The van der Waals surface area contributed by atoms with Crippen molar-refractivity contribution in [3.8, 4) is 0 Å². The van der Waals surface area contributed by atoms with E-state index < -0.39 is 0 Å². The Morgan fingerprint density at radius 3 is 2.36 bits per heavy atom. The van der Waals surface area contributed by atoms with E-state index in [-0.39, 0.29) is 0 Å². The van der Waals surface area contributed by atoms with E-state index in [0.29, 0.717) is 0 Å². The maximum absolute atomic E-state index is 4.75. The van der Waals surface area contributed by atoms with Crippen LogP contribution in [0.3, 0.4) is 0 Å². The second-order valence-electron chi connectivity index (χ2n) is 7.00. The normalized spacial score (nSPS) is 22.0. The molecule has 4 heteroatoms. The fourth-order valence-corrected chi connectivity index (χ4v) is 3.72. The maximum atomic E-state index is 4.75. The highest BCUT2D eigenvalue weighted by atomic mass is 15.2. The Balaban J connectivity index is 2.31. The highest BCUT2D eigenvalue weighted by Gasteiger charge is 2.21.